The third-order valence-electron chi connectivity index (χ3n) is 6.67. The van der Waals surface area contributed by atoms with Crippen LogP contribution in [0.3, 0.4) is 0 Å². The number of nitro groups is 1. The van der Waals surface area contributed by atoms with Gasteiger partial charge in [0, 0.05) is 29.2 Å². The van der Waals surface area contributed by atoms with Crippen LogP contribution in [0.5, 0.6) is 5.75 Å². The molecule has 11 nitrogen and oxygen atoms in total. The van der Waals surface area contributed by atoms with Gasteiger partial charge in [0.25, 0.3) is 15.7 Å². The summed E-state index contributed by atoms with van der Waals surface area (Å²) in [4.78, 5) is 39.3. The van der Waals surface area contributed by atoms with Crippen molar-refractivity contribution in [3.8, 4) is 5.75 Å². The number of amides is 2. The molecule has 43 heavy (non-hydrogen) atoms. The number of nitro benzene ring substituents is 1. The monoisotopic (exact) mass is 630 g/mol. The Hall–Kier alpha value is -4.16. The molecule has 0 saturated carbocycles. The highest BCUT2D eigenvalue weighted by Crippen LogP contribution is 2.36. The molecule has 3 aromatic rings. The minimum absolute atomic E-state index is 0.0280. The van der Waals surface area contributed by atoms with Crippen LogP contribution in [0, 0.1) is 17.0 Å². The summed E-state index contributed by atoms with van der Waals surface area (Å²) in [7, 11) is -3.27. The molecule has 0 spiro atoms. The lowest BCUT2D eigenvalue weighted by atomic mass is 10.1. The predicted octanol–water partition coefficient (Wildman–Crippen LogP) is 5.09. The Bertz CT molecular complexity index is 1580. The van der Waals surface area contributed by atoms with E-state index in [2.05, 4.69) is 5.32 Å². The van der Waals surface area contributed by atoms with Crippen molar-refractivity contribution in [2.45, 2.75) is 57.6 Å². The predicted molar refractivity (Wildman–Crippen MR) is 165 cm³/mol. The lowest BCUT2D eigenvalue weighted by Crippen LogP contribution is -2.53. The van der Waals surface area contributed by atoms with E-state index >= 15 is 0 Å². The maximum Gasteiger partial charge on any atom is 0.273 e. The van der Waals surface area contributed by atoms with E-state index in [0.717, 1.165) is 15.9 Å². The van der Waals surface area contributed by atoms with Crippen LogP contribution in [-0.4, -0.2) is 55.8 Å². The van der Waals surface area contributed by atoms with Gasteiger partial charge in [0.15, 0.2) is 0 Å². The van der Waals surface area contributed by atoms with E-state index in [1.807, 2.05) is 6.07 Å². The number of nitrogens with one attached hydrogen (secondary N) is 1. The van der Waals surface area contributed by atoms with Crippen molar-refractivity contribution in [3.05, 3.63) is 93.0 Å². The number of hydrogen-bond acceptors (Lipinski definition) is 7. The molecule has 230 valence electrons. The van der Waals surface area contributed by atoms with Crippen molar-refractivity contribution in [1.82, 2.24) is 10.2 Å². The highest BCUT2D eigenvalue weighted by atomic mass is 35.5. The fraction of sp³-hybridized carbons (Fsp3) is 0.333. The van der Waals surface area contributed by atoms with Crippen LogP contribution in [0.4, 0.5) is 11.4 Å². The Labute approximate surface area is 256 Å². The smallest absolute Gasteiger partial charge is 0.273 e. The molecule has 0 aliphatic carbocycles. The average molecular weight is 631 g/mol. The molecule has 0 bridgehead atoms. The summed E-state index contributed by atoms with van der Waals surface area (Å²) in [5.41, 5.74) is 0.553. The molecule has 13 heteroatoms. The number of carbonyl (C=O) groups is 2. The highest BCUT2D eigenvalue weighted by Gasteiger charge is 2.35. The minimum Gasteiger partial charge on any atom is -0.495 e. The molecule has 0 aliphatic rings. The van der Waals surface area contributed by atoms with Gasteiger partial charge in [-0.05, 0) is 57.0 Å². The fourth-order valence-electron chi connectivity index (χ4n) is 4.53. The SMILES string of the molecule is CCC(C(=O)NC(C)C)N(Cc1ccccc1)C(=O)CN(c1cc(Cl)ccc1OC)S(=O)(=O)c1ccc(C)c([N+](=O)[O-])c1. The average Bonchev–Trinajstić information content (AvgIpc) is 2.95. The number of anilines is 1. The van der Waals surface area contributed by atoms with Crippen LogP contribution in [0.2, 0.25) is 5.02 Å². The molecular formula is C30H35ClN4O7S. The summed E-state index contributed by atoms with van der Waals surface area (Å²) in [6.45, 7) is 6.13. The molecule has 0 fully saturated rings. The number of rotatable bonds is 13. The van der Waals surface area contributed by atoms with Crippen LogP contribution in [0.25, 0.3) is 0 Å². The summed E-state index contributed by atoms with van der Waals surface area (Å²) < 4.78 is 34.6. The van der Waals surface area contributed by atoms with Gasteiger partial charge in [-0.1, -0.05) is 54.9 Å². The lowest BCUT2D eigenvalue weighted by Gasteiger charge is -2.34. The van der Waals surface area contributed by atoms with E-state index in [1.165, 1.54) is 49.3 Å². The third kappa shape index (κ3) is 8.02. The van der Waals surface area contributed by atoms with Gasteiger partial charge in [-0.15, -0.1) is 0 Å². The first-order valence-electron chi connectivity index (χ1n) is 13.5. The van der Waals surface area contributed by atoms with Gasteiger partial charge in [0.2, 0.25) is 11.8 Å². The Morgan fingerprint density at radius 2 is 1.74 bits per heavy atom. The summed E-state index contributed by atoms with van der Waals surface area (Å²) in [6.07, 6.45) is 0.258. The second-order valence-corrected chi connectivity index (χ2v) is 12.4. The summed E-state index contributed by atoms with van der Waals surface area (Å²) in [6, 6.07) is 15.7. The molecule has 1 unspecified atom stereocenters. The minimum atomic E-state index is -4.61. The quantitative estimate of drug-likeness (QED) is 0.205. The third-order valence-corrected chi connectivity index (χ3v) is 8.66. The first kappa shape index (κ1) is 33.3. The van der Waals surface area contributed by atoms with E-state index in [9.17, 15) is 28.1 Å². The van der Waals surface area contributed by atoms with E-state index in [0.29, 0.717) is 0 Å². The van der Waals surface area contributed by atoms with Crippen LogP contribution in [0.1, 0.15) is 38.3 Å². The van der Waals surface area contributed by atoms with Gasteiger partial charge in [-0.25, -0.2) is 8.42 Å². The van der Waals surface area contributed by atoms with E-state index in [1.54, 1.807) is 45.0 Å². The summed E-state index contributed by atoms with van der Waals surface area (Å²) in [5, 5.41) is 14.6. The van der Waals surface area contributed by atoms with Gasteiger partial charge < -0.3 is 15.0 Å². The Morgan fingerprint density at radius 3 is 2.33 bits per heavy atom. The largest absolute Gasteiger partial charge is 0.495 e. The van der Waals surface area contributed by atoms with Gasteiger partial charge in [0.05, 0.1) is 22.6 Å². The molecular weight excluding hydrogens is 596 g/mol. The number of benzene rings is 3. The molecule has 3 rings (SSSR count). The van der Waals surface area contributed by atoms with Crippen LogP contribution in [0.15, 0.2) is 71.6 Å². The van der Waals surface area contributed by atoms with Crippen LogP contribution < -0.4 is 14.4 Å². The van der Waals surface area contributed by atoms with E-state index < -0.39 is 44.0 Å². The molecule has 0 radical (unpaired) electrons. The number of sulfonamides is 1. The molecule has 0 heterocycles. The van der Waals surface area contributed by atoms with E-state index in [4.69, 9.17) is 16.3 Å². The number of carbonyl (C=O) groups excluding carboxylic acids is 2. The van der Waals surface area contributed by atoms with Gasteiger partial charge in [0.1, 0.15) is 18.3 Å². The number of ether oxygens (including phenoxy) is 1. The normalized spacial score (nSPS) is 12.0. The first-order chi connectivity index (χ1) is 20.3. The van der Waals surface area contributed by atoms with Gasteiger partial charge >= 0.3 is 0 Å². The van der Waals surface area contributed by atoms with Crippen molar-refractivity contribution in [2.75, 3.05) is 18.0 Å². The van der Waals surface area contributed by atoms with E-state index in [-0.39, 0.29) is 46.9 Å². The second kappa shape index (κ2) is 14.3. The van der Waals surface area contributed by atoms with Crippen molar-refractivity contribution < 1.29 is 27.7 Å². The van der Waals surface area contributed by atoms with Crippen molar-refractivity contribution in [1.29, 1.82) is 0 Å². The Morgan fingerprint density at radius 1 is 1.07 bits per heavy atom. The standard InChI is InChI=1S/C30H35ClN4O7S/c1-6-25(30(37)32-20(2)3)33(18-22-10-8-7-9-11-22)29(36)19-34(27-16-23(31)13-15-28(27)42-5)43(40,41)24-14-12-21(4)26(17-24)35(38)39/h7-17,20,25H,6,18-19H2,1-5H3,(H,32,37). The lowest BCUT2D eigenvalue weighted by molar-refractivity contribution is -0.385. The zero-order chi connectivity index (χ0) is 31.9. The second-order valence-electron chi connectivity index (χ2n) is 10.1. The number of halogens is 1. The molecule has 1 atom stereocenters. The Kier molecular flexibility index (Phi) is 11.1. The first-order valence-corrected chi connectivity index (χ1v) is 15.4. The Balaban J connectivity index is 2.18. The van der Waals surface area contributed by atoms with Crippen molar-refractivity contribution in [2.24, 2.45) is 0 Å². The van der Waals surface area contributed by atoms with Gasteiger partial charge in [-0.2, -0.15) is 0 Å². The van der Waals surface area contributed by atoms with Crippen LogP contribution >= 0.6 is 11.6 Å². The maximum atomic E-state index is 14.2. The van der Waals surface area contributed by atoms with Crippen LogP contribution in [-0.2, 0) is 26.2 Å². The maximum absolute atomic E-state index is 14.2. The fourth-order valence-corrected chi connectivity index (χ4v) is 6.13. The summed E-state index contributed by atoms with van der Waals surface area (Å²) in [5.74, 6) is -0.964. The number of nitrogens with zero attached hydrogens (tertiary/aromatic N) is 3. The highest BCUT2D eigenvalue weighted by molar-refractivity contribution is 7.92. The molecule has 0 aliphatic heterocycles. The topological polar surface area (TPSA) is 139 Å². The van der Waals surface area contributed by atoms with Crippen molar-refractivity contribution in [3.63, 3.8) is 0 Å². The van der Waals surface area contributed by atoms with Gasteiger partial charge in [-0.3, -0.25) is 24.0 Å². The summed E-state index contributed by atoms with van der Waals surface area (Å²) >= 11 is 6.26. The number of aryl methyl sites for hydroxylation is 1. The number of hydrogen-bond donors (Lipinski definition) is 1. The molecule has 1 N–H and O–H groups in total. The van der Waals surface area contributed by atoms with Crippen molar-refractivity contribution >= 4 is 44.8 Å². The molecule has 2 amide bonds. The molecule has 0 saturated heterocycles. The molecule has 0 aromatic heterocycles. The molecule has 3 aromatic carbocycles. The number of methoxy groups -OCH3 is 1. The zero-order valence-corrected chi connectivity index (χ0v) is 26.2. The zero-order valence-electron chi connectivity index (χ0n) is 24.6.